The lowest BCUT2D eigenvalue weighted by Crippen LogP contribution is -2.52. The number of carbonyl (C=O) groups excluding carboxylic acids is 1. The number of amides is 1. The SMILES string of the molecule is CO[C@H]1CN(C(=O)OC(C)(C)C)CC1NC1CCN(C)C(C)C1. The van der Waals surface area contributed by atoms with E-state index in [1.165, 1.54) is 0 Å². The fourth-order valence-electron chi connectivity index (χ4n) is 3.39. The van der Waals surface area contributed by atoms with Crippen molar-refractivity contribution in [3.8, 4) is 0 Å². The molecule has 0 aromatic carbocycles. The first-order chi connectivity index (χ1) is 10.7. The Balaban J connectivity index is 1.90. The van der Waals surface area contributed by atoms with Crippen LogP contribution in [0.25, 0.3) is 0 Å². The Morgan fingerprint density at radius 3 is 2.52 bits per heavy atom. The van der Waals surface area contributed by atoms with E-state index in [-0.39, 0.29) is 18.2 Å². The first-order valence-corrected chi connectivity index (χ1v) is 8.66. The highest BCUT2D eigenvalue weighted by atomic mass is 16.6. The van der Waals surface area contributed by atoms with Crippen molar-refractivity contribution >= 4 is 6.09 Å². The van der Waals surface area contributed by atoms with Crippen LogP contribution in [0.5, 0.6) is 0 Å². The zero-order valence-electron chi connectivity index (χ0n) is 15.5. The first-order valence-electron chi connectivity index (χ1n) is 8.66. The molecule has 0 saturated carbocycles. The van der Waals surface area contributed by atoms with E-state index in [0.29, 0.717) is 25.2 Å². The molecule has 4 atom stereocenters. The summed E-state index contributed by atoms with van der Waals surface area (Å²) in [6, 6.07) is 1.25. The average Bonchev–Trinajstić information content (AvgIpc) is 2.84. The topological polar surface area (TPSA) is 54.0 Å². The van der Waals surface area contributed by atoms with Gasteiger partial charge in [-0.1, -0.05) is 0 Å². The largest absolute Gasteiger partial charge is 0.444 e. The fraction of sp³-hybridized carbons (Fsp3) is 0.941. The summed E-state index contributed by atoms with van der Waals surface area (Å²) in [5.74, 6) is 0. The monoisotopic (exact) mass is 327 g/mol. The molecule has 0 aromatic rings. The van der Waals surface area contributed by atoms with E-state index in [9.17, 15) is 4.79 Å². The number of hydrogen-bond donors (Lipinski definition) is 1. The summed E-state index contributed by atoms with van der Waals surface area (Å²) in [7, 11) is 3.90. The molecule has 3 unspecified atom stereocenters. The zero-order valence-corrected chi connectivity index (χ0v) is 15.5. The quantitative estimate of drug-likeness (QED) is 0.855. The maximum atomic E-state index is 12.3. The van der Waals surface area contributed by atoms with Gasteiger partial charge in [0.2, 0.25) is 0 Å². The molecule has 134 valence electrons. The molecule has 0 bridgehead atoms. The molecular formula is C17H33N3O3. The Labute approximate surface area is 140 Å². The highest BCUT2D eigenvalue weighted by Gasteiger charge is 2.38. The van der Waals surface area contributed by atoms with Crippen LogP contribution in [0.3, 0.4) is 0 Å². The number of nitrogens with zero attached hydrogens (tertiary/aromatic N) is 2. The third-order valence-electron chi connectivity index (χ3n) is 4.88. The molecule has 1 amide bonds. The van der Waals surface area contributed by atoms with Gasteiger partial charge >= 0.3 is 6.09 Å². The molecule has 0 aromatic heterocycles. The van der Waals surface area contributed by atoms with E-state index in [2.05, 4.69) is 24.2 Å². The first kappa shape index (κ1) is 18.5. The van der Waals surface area contributed by atoms with Crippen molar-refractivity contribution in [2.24, 2.45) is 0 Å². The summed E-state index contributed by atoms with van der Waals surface area (Å²) >= 11 is 0. The lowest BCUT2D eigenvalue weighted by Gasteiger charge is -2.37. The average molecular weight is 327 g/mol. The van der Waals surface area contributed by atoms with Gasteiger partial charge in [-0.15, -0.1) is 0 Å². The van der Waals surface area contributed by atoms with E-state index in [0.717, 1.165) is 19.4 Å². The summed E-state index contributed by atoms with van der Waals surface area (Å²) in [5, 5.41) is 3.72. The number of carbonyl (C=O) groups is 1. The van der Waals surface area contributed by atoms with Gasteiger partial charge in [-0.05, 0) is 54.1 Å². The van der Waals surface area contributed by atoms with Gasteiger partial charge in [0.25, 0.3) is 0 Å². The second kappa shape index (κ2) is 7.36. The van der Waals surface area contributed by atoms with Crippen molar-refractivity contribution in [2.75, 3.05) is 33.8 Å². The van der Waals surface area contributed by atoms with Crippen molar-refractivity contribution in [2.45, 2.75) is 70.4 Å². The van der Waals surface area contributed by atoms with Crippen LogP contribution in [0.15, 0.2) is 0 Å². The normalized spacial score (nSPS) is 33.0. The van der Waals surface area contributed by atoms with Gasteiger partial charge in [0.1, 0.15) is 5.60 Å². The minimum Gasteiger partial charge on any atom is -0.444 e. The van der Waals surface area contributed by atoms with E-state index in [1.807, 2.05) is 20.8 Å². The predicted molar refractivity (Wildman–Crippen MR) is 90.6 cm³/mol. The van der Waals surface area contributed by atoms with Crippen molar-refractivity contribution in [3.63, 3.8) is 0 Å². The van der Waals surface area contributed by atoms with Gasteiger partial charge in [-0.25, -0.2) is 4.79 Å². The number of likely N-dealkylation sites (tertiary alicyclic amines) is 2. The lowest BCUT2D eigenvalue weighted by atomic mass is 9.97. The Morgan fingerprint density at radius 1 is 1.26 bits per heavy atom. The third kappa shape index (κ3) is 5.06. The number of hydrogen-bond acceptors (Lipinski definition) is 5. The smallest absolute Gasteiger partial charge is 0.410 e. The van der Waals surface area contributed by atoms with Crippen LogP contribution in [0.4, 0.5) is 4.79 Å². The zero-order chi connectivity index (χ0) is 17.2. The molecule has 0 radical (unpaired) electrons. The molecule has 2 fully saturated rings. The molecule has 2 heterocycles. The molecule has 0 spiro atoms. The van der Waals surface area contributed by atoms with Gasteiger partial charge in [0.05, 0.1) is 18.7 Å². The van der Waals surface area contributed by atoms with Gasteiger partial charge < -0.3 is 24.6 Å². The Bertz CT molecular complexity index is 410. The van der Waals surface area contributed by atoms with Crippen LogP contribution >= 0.6 is 0 Å². The van der Waals surface area contributed by atoms with E-state index in [4.69, 9.17) is 9.47 Å². The maximum absolute atomic E-state index is 12.3. The molecule has 0 aliphatic carbocycles. The molecule has 23 heavy (non-hydrogen) atoms. The molecule has 6 nitrogen and oxygen atoms in total. The minimum atomic E-state index is -0.464. The van der Waals surface area contributed by atoms with Crippen LogP contribution in [0.1, 0.15) is 40.5 Å². The van der Waals surface area contributed by atoms with Crippen LogP contribution < -0.4 is 5.32 Å². The summed E-state index contributed by atoms with van der Waals surface area (Å²) < 4.78 is 11.1. The van der Waals surface area contributed by atoms with E-state index < -0.39 is 5.60 Å². The van der Waals surface area contributed by atoms with Crippen LogP contribution in [0.2, 0.25) is 0 Å². The van der Waals surface area contributed by atoms with Gasteiger partial charge in [-0.3, -0.25) is 0 Å². The van der Waals surface area contributed by atoms with Gasteiger partial charge in [-0.2, -0.15) is 0 Å². The molecular weight excluding hydrogens is 294 g/mol. The number of ether oxygens (including phenoxy) is 2. The van der Waals surface area contributed by atoms with Crippen LogP contribution in [-0.4, -0.2) is 79.5 Å². The second-order valence-corrected chi connectivity index (χ2v) is 7.98. The van der Waals surface area contributed by atoms with Crippen molar-refractivity contribution < 1.29 is 14.3 Å². The van der Waals surface area contributed by atoms with Crippen LogP contribution in [0, 0.1) is 0 Å². The lowest BCUT2D eigenvalue weighted by molar-refractivity contribution is 0.0252. The number of piperidine rings is 1. The number of methoxy groups -OCH3 is 1. The van der Waals surface area contributed by atoms with Crippen molar-refractivity contribution in [1.82, 2.24) is 15.1 Å². The Hall–Kier alpha value is -0.850. The summed E-state index contributed by atoms with van der Waals surface area (Å²) in [5.41, 5.74) is -0.464. The van der Waals surface area contributed by atoms with E-state index in [1.54, 1.807) is 12.0 Å². The molecule has 2 rings (SSSR count). The highest BCUT2D eigenvalue weighted by molar-refractivity contribution is 5.68. The molecule has 1 N–H and O–H groups in total. The van der Waals surface area contributed by atoms with Gasteiger partial charge in [0.15, 0.2) is 0 Å². The molecule has 2 saturated heterocycles. The summed E-state index contributed by atoms with van der Waals surface area (Å²) in [6.45, 7) is 10.3. The molecule has 6 heteroatoms. The van der Waals surface area contributed by atoms with Crippen LogP contribution in [-0.2, 0) is 9.47 Å². The number of nitrogens with one attached hydrogen (secondary N) is 1. The highest BCUT2D eigenvalue weighted by Crippen LogP contribution is 2.21. The second-order valence-electron chi connectivity index (χ2n) is 7.98. The number of rotatable bonds is 3. The standard InChI is InChI=1S/C17H33N3O3/c1-12-9-13(7-8-19(12)5)18-14-10-20(11-15(14)22-6)16(21)23-17(2,3)4/h12-15,18H,7-11H2,1-6H3/t12?,13?,14?,15-/m0/s1. The van der Waals surface area contributed by atoms with Crippen molar-refractivity contribution in [1.29, 1.82) is 0 Å². The maximum Gasteiger partial charge on any atom is 0.410 e. The Morgan fingerprint density at radius 2 is 1.96 bits per heavy atom. The van der Waals surface area contributed by atoms with Gasteiger partial charge in [0, 0.05) is 25.7 Å². The fourth-order valence-corrected chi connectivity index (χ4v) is 3.39. The third-order valence-corrected chi connectivity index (χ3v) is 4.88. The summed E-state index contributed by atoms with van der Waals surface area (Å²) in [4.78, 5) is 16.4. The van der Waals surface area contributed by atoms with Crippen molar-refractivity contribution in [3.05, 3.63) is 0 Å². The molecule has 2 aliphatic rings. The predicted octanol–water partition coefficient (Wildman–Crippen LogP) is 1.69. The summed E-state index contributed by atoms with van der Waals surface area (Å²) in [6.07, 6.45) is 2.05. The Kier molecular flexibility index (Phi) is 5.92. The molecule has 2 aliphatic heterocycles. The van der Waals surface area contributed by atoms with E-state index >= 15 is 0 Å². The minimum absolute atomic E-state index is 0.0254.